The summed E-state index contributed by atoms with van der Waals surface area (Å²) in [6.07, 6.45) is 0. The van der Waals surface area contributed by atoms with Gasteiger partial charge in [-0.05, 0) is 194 Å². The molecule has 8 heterocycles. The summed E-state index contributed by atoms with van der Waals surface area (Å²) in [4.78, 5) is 0. The van der Waals surface area contributed by atoms with Crippen LogP contribution in [0.15, 0.2) is 285 Å². The van der Waals surface area contributed by atoms with Gasteiger partial charge in [0.1, 0.15) is 22.3 Å². The Morgan fingerprint density at radius 2 is 0.640 bits per heavy atom. The molecule has 0 amide bonds. The van der Waals surface area contributed by atoms with Crippen molar-refractivity contribution in [1.29, 1.82) is 5.26 Å². The molecule has 8 aromatic heterocycles. The first-order chi connectivity index (χ1) is 49.4. The molecule has 100 heavy (non-hydrogen) atoms. The molecule has 0 saturated carbocycles. The molecule has 0 atom stereocenters. The number of aromatic nitrogens is 2. The molecule has 0 radical (unpaired) electrons. The lowest BCUT2D eigenvalue weighted by atomic mass is 9.70. The predicted octanol–water partition coefficient (Wildman–Crippen LogP) is 25.1. The molecule has 458 valence electrons. The third kappa shape index (κ3) is 6.09. The van der Waals surface area contributed by atoms with Crippen LogP contribution in [0.25, 0.3) is 220 Å². The average Bonchev–Trinajstić information content (AvgIpc) is 1.52. The van der Waals surface area contributed by atoms with Crippen molar-refractivity contribution in [2.45, 2.75) is 12.3 Å². The number of para-hydroxylation sites is 3. The van der Waals surface area contributed by atoms with Crippen molar-refractivity contribution in [2.75, 3.05) is 0 Å². The Balaban J connectivity index is 0.698. The van der Waals surface area contributed by atoms with Gasteiger partial charge in [0, 0.05) is 86.2 Å². The highest BCUT2D eigenvalue weighted by Crippen LogP contribution is 2.64. The van der Waals surface area contributed by atoms with E-state index >= 15 is 0 Å². The molecule has 0 saturated heterocycles. The molecule has 2 aliphatic rings. The minimum atomic E-state index is -0.597. The molecule has 15 aromatic carbocycles. The normalized spacial score (nSPS) is 13.5. The Hall–Kier alpha value is -13.4. The predicted molar refractivity (Wildman–Crippen MR) is 407 cm³/mol. The Morgan fingerprint density at radius 3 is 1.15 bits per heavy atom. The largest absolute Gasteiger partial charge is 0.454 e. The first-order valence-corrected chi connectivity index (χ1v) is 34.2. The number of fused-ring (bicyclic) bond motifs is 38. The lowest BCUT2D eigenvalue weighted by Gasteiger charge is -2.30. The number of rotatable bonds is 3. The lowest BCUT2D eigenvalue weighted by molar-refractivity contribution is 0.669. The number of aryl methyl sites for hydroxylation is 1. The van der Waals surface area contributed by atoms with Crippen molar-refractivity contribution < 1.29 is 17.7 Å². The van der Waals surface area contributed by atoms with Crippen LogP contribution < -0.4 is 0 Å². The van der Waals surface area contributed by atoms with Crippen LogP contribution in [0.2, 0.25) is 0 Å². The average molecular weight is 1270 g/mol. The summed E-state index contributed by atoms with van der Waals surface area (Å²) in [6.45, 7) is 2.10. The molecule has 2 aliphatic carbocycles. The van der Waals surface area contributed by atoms with Crippen LogP contribution in [0.4, 0.5) is 0 Å². The maximum Gasteiger partial charge on any atom is 0.160 e. The van der Waals surface area contributed by atoms with Crippen LogP contribution in [0.1, 0.15) is 33.4 Å². The van der Waals surface area contributed by atoms with E-state index in [1.807, 2.05) is 18.2 Å². The molecule has 0 fully saturated rings. The first kappa shape index (κ1) is 51.9. The summed E-state index contributed by atoms with van der Waals surface area (Å²) < 4.78 is 33.0. The van der Waals surface area contributed by atoms with E-state index in [1.54, 1.807) is 0 Å². The smallest absolute Gasteiger partial charge is 0.160 e. The molecule has 0 aliphatic heterocycles. The molecule has 0 unspecified atom stereocenters. The number of furan rings is 4. The molecule has 1 spiro atoms. The van der Waals surface area contributed by atoms with Crippen LogP contribution >= 0.6 is 0 Å². The molecule has 7 nitrogen and oxygen atoms in total. The summed E-state index contributed by atoms with van der Waals surface area (Å²) in [5.41, 5.74) is 31.2. The zero-order valence-electron chi connectivity index (χ0n) is 53.4. The van der Waals surface area contributed by atoms with Crippen LogP contribution in [0, 0.1) is 18.3 Å². The topological polar surface area (TPSA) is 85.2 Å². The maximum absolute atomic E-state index is 9.85. The van der Waals surface area contributed by atoms with Crippen molar-refractivity contribution in [3.8, 4) is 61.7 Å². The van der Waals surface area contributed by atoms with Crippen molar-refractivity contribution in [2.24, 2.45) is 0 Å². The van der Waals surface area contributed by atoms with Crippen molar-refractivity contribution in [3.05, 3.63) is 300 Å². The Morgan fingerprint density at radius 1 is 0.260 bits per heavy atom. The second-order valence-electron chi connectivity index (χ2n) is 28.0. The number of benzene rings is 15. The van der Waals surface area contributed by atoms with E-state index in [0.717, 1.165) is 192 Å². The fourth-order valence-corrected chi connectivity index (χ4v) is 19.2. The third-order valence-electron chi connectivity index (χ3n) is 23.3. The second-order valence-corrected chi connectivity index (χ2v) is 28.0. The van der Waals surface area contributed by atoms with Crippen molar-refractivity contribution in [1.82, 2.24) is 8.80 Å². The van der Waals surface area contributed by atoms with E-state index in [1.165, 1.54) is 55.3 Å². The molecule has 25 rings (SSSR count). The Kier molecular flexibility index (Phi) is 9.22. The minimum Gasteiger partial charge on any atom is -0.454 e. The van der Waals surface area contributed by atoms with E-state index in [2.05, 4.69) is 271 Å². The molecular weight excluding hydrogens is 1220 g/mol. The Bertz CT molecular complexity index is 7620. The van der Waals surface area contributed by atoms with Crippen molar-refractivity contribution >= 4 is 164 Å². The molecular formula is C93H47N3O4. The summed E-state index contributed by atoms with van der Waals surface area (Å²) in [5.74, 6) is 0. The quantitative estimate of drug-likeness (QED) is 0.176. The highest BCUT2D eigenvalue weighted by atomic mass is 16.3. The van der Waals surface area contributed by atoms with Gasteiger partial charge in [0.05, 0.1) is 50.1 Å². The van der Waals surface area contributed by atoms with E-state index in [9.17, 15) is 5.26 Å². The van der Waals surface area contributed by atoms with Crippen LogP contribution in [0.3, 0.4) is 0 Å². The number of nitriles is 1. The Labute approximate surface area is 566 Å². The zero-order chi connectivity index (χ0) is 64.9. The fraction of sp³-hybridized carbons (Fsp3) is 0.0215. The van der Waals surface area contributed by atoms with Crippen LogP contribution in [-0.4, -0.2) is 8.80 Å². The summed E-state index contributed by atoms with van der Waals surface area (Å²) in [6, 6.07) is 100. The van der Waals surface area contributed by atoms with E-state index in [-0.39, 0.29) is 0 Å². The second kappa shape index (κ2) is 17.8. The van der Waals surface area contributed by atoms with Gasteiger partial charge in [-0.2, -0.15) is 5.26 Å². The molecule has 0 N–H and O–H groups in total. The van der Waals surface area contributed by atoms with Crippen LogP contribution in [0.5, 0.6) is 0 Å². The zero-order valence-corrected chi connectivity index (χ0v) is 53.4. The molecule has 23 aromatic rings. The standard InChI is InChI=1S/C93H47N3O4/c1-47-38-48(46-94)22-26-54(47)53-42-73-64-31-35-68-60-16-6-11-21-81(60)99-91(68)87(64)96-84(73)74(43-53)65-32-36-69-61-28-24-51(45-82(61)100-92(69)88(65)96)49-25-37-77-70(39-49)57-27-23-50(44-78(57)93(77)75-17-7-2-12-55(75)56-13-3-8-18-76(56)93)52-40-71-62-29-33-66-58-14-4-9-19-79(58)97-89(66)85(62)95-83(71)72(41-52)63-30-34-67-59-15-5-10-20-80(59)98-90(67)86(63)95/h2-45H,1H3. The van der Waals surface area contributed by atoms with Gasteiger partial charge in [0.25, 0.3) is 0 Å². The monoisotopic (exact) mass is 1270 g/mol. The summed E-state index contributed by atoms with van der Waals surface area (Å²) in [5, 5.41) is 27.6. The fourth-order valence-electron chi connectivity index (χ4n) is 19.2. The molecule has 0 bridgehead atoms. The van der Waals surface area contributed by atoms with Crippen molar-refractivity contribution in [3.63, 3.8) is 0 Å². The van der Waals surface area contributed by atoms with Crippen LogP contribution in [-0.2, 0) is 5.41 Å². The lowest BCUT2D eigenvalue weighted by Crippen LogP contribution is -2.25. The third-order valence-corrected chi connectivity index (χ3v) is 23.3. The SMILES string of the molecule is Cc1cc(C#N)ccc1-c1cc2c3ccc4c5ccccc5oc4c3n3c2c(c1)c1ccc2c4ccc(-c5ccc6c(c5)-c5ccc(-c7cc8c9ccc%10c%11ccccc%11oc%10c9n9c8c(c7)c7ccc8c%10ccccc%10oc8c79)cc5C65c6ccccc6-c6ccccc65)cc4oc2c13. The van der Waals surface area contributed by atoms with Gasteiger partial charge in [0.2, 0.25) is 0 Å². The number of hydrogen-bond donors (Lipinski definition) is 0. The van der Waals surface area contributed by atoms with Gasteiger partial charge in [-0.25, -0.2) is 0 Å². The van der Waals surface area contributed by atoms with E-state index in [0.29, 0.717) is 5.56 Å². The highest BCUT2D eigenvalue weighted by molar-refractivity contribution is 6.34. The number of nitrogens with zero attached hydrogens (tertiary/aromatic N) is 3. The van der Waals surface area contributed by atoms with Gasteiger partial charge in [-0.1, -0.05) is 164 Å². The summed E-state index contributed by atoms with van der Waals surface area (Å²) >= 11 is 0. The highest BCUT2D eigenvalue weighted by Gasteiger charge is 2.52. The van der Waals surface area contributed by atoms with E-state index < -0.39 is 5.41 Å². The minimum absolute atomic E-state index is 0.597. The number of hydrogen-bond acceptors (Lipinski definition) is 5. The van der Waals surface area contributed by atoms with E-state index in [4.69, 9.17) is 17.7 Å². The molecule has 7 heteroatoms. The van der Waals surface area contributed by atoms with Gasteiger partial charge in [-0.15, -0.1) is 0 Å². The van der Waals surface area contributed by atoms with Gasteiger partial charge < -0.3 is 26.5 Å². The van der Waals surface area contributed by atoms with Gasteiger partial charge >= 0.3 is 0 Å². The van der Waals surface area contributed by atoms with Gasteiger partial charge in [0.15, 0.2) is 22.3 Å². The maximum atomic E-state index is 9.85. The first-order valence-electron chi connectivity index (χ1n) is 34.2. The summed E-state index contributed by atoms with van der Waals surface area (Å²) in [7, 11) is 0. The van der Waals surface area contributed by atoms with Gasteiger partial charge in [-0.3, -0.25) is 0 Å².